The first kappa shape index (κ1) is 13.8. The topological polar surface area (TPSA) is 42.0 Å². The number of carbonyl (C=O) groups excluding carboxylic acids is 1. The second-order valence-corrected chi connectivity index (χ2v) is 4.91. The zero-order chi connectivity index (χ0) is 13.8. The maximum Gasteiger partial charge on any atom is 0.230 e. The molecule has 0 radical (unpaired) electrons. The van der Waals surface area contributed by atoms with Gasteiger partial charge in [-0.25, -0.2) is 4.98 Å². The smallest absolute Gasteiger partial charge is 0.230 e. The minimum atomic E-state index is -0.197. The zero-order valence-corrected chi connectivity index (χ0v) is 11.8. The average molecular weight is 295 g/mol. The number of aryl methyl sites for hydroxylation is 1. The monoisotopic (exact) mass is 294 g/mol. The predicted molar refractivity (Wildman–Crippen MR) is 77.8 cm³/mol. The van der Waals surface area contributed by atoms with Gasteiger partial charge >= 0.3 is 0 Å². The van der Waals surface area contributed by atoms with E-state index in [1.165, 1.54) is 0 Å². The summed E-state index contributed by atoms with van der Waals surface area (Å²) in [6.45, 7) is 1.88. The molecule has 0 aliphatic carbocycles. The first-order chi connectivity index (χ1) is 9.08. The molecule has 1 heterocycles. The lowest BCUT2D eigenvalue weighted by Gasteiger charge is -2.09. The minimum absolute atomic E-state index is 0.120. The molecule has 1 amide bonds. The van der Waals surface area contributed by atoms with Gasteiger partial charge < -0.3 is 5.32 Å². The molecule has 3 nitrogen and oxygen atoms in total. The zero-order valence-electron chi connectivity index (χ0n) is 10.3. The molecule has 1 N–H and O–H groups in total. The summed E-state index contributed by atoms with van der Waals surface area (Å²) in [5.74, 6) is 0.354. The van der Waals surface area contributed by atoms with E-state index >= 15 is 0 Å². The number of hydrogen-bond donors (Lipinski definition) is 1. The summed E-state index contributed by atoms with van der Waals surface area (Å²) in [4.78, 5) is 16.1. The maximum atomic E-state index is 12.0. The minimum Gasteiger partial charge on any atom is -0.310 e. The Labute approximate surface area is 121 Å². The third kappa shape index (κ3) is 3.46. The number of hydrogen-bond acceptors (Lipinski definition) is 2. The lowest BCUT2D eigenvalue weighted by molar-refractivity contribution is -0.115. The Kier molecular flexibility index (Phi) is 4.40. The van der Waals surface area contributed by atoms with E-state index in [1.54, 1.807) is 24.4 Å². The molecular weight excluding hydrogens is 283 g/mol. The highest BCUT2D eigenvalue weighted by Crippen LogP contribution is 2.25. The number of pyridine rings is 1. The molecule has 0 aliphatic rings. The van der Waals surface area contributed by atoms with Crippen LogP contribution in [-0.4, -0.2) is 10.9 Å². The number of nitrogens with one attached hydrogen (secondary N) is 1. The molecule has 0 aliphatic heterocycles. The Hall–Kier alpha value is -1.58. The van der Waals surface area contributed by atoms with Crippen LogP contribution in [0.1, 0.15) is 11.1 Å². The van der Waals surface area contributed by atoms with Crippen LogP contribution in [0.15, 0.2) is 36.5 Å². The summed E-state index contributed by atoms with van der Waals surface area (Å²) >= 11 is 12.1. The van der Waals surface area contributed by atoms with E-state index in [4.69, 9.17) is 23.2 Å². The molecule has 0 spiro atoms. The van der Waals surface area contributed by atoms with Gasteiger partial charge in [-0.05, 0) is 36.2 Å². The van der Waals surface area contributed by atoms with Gasteiger partial charge in [0.1, 0.15) is 5.82 Å². The average Bonchev–Trinajstić information content (AvgIpc) is 2.37. The molecule has 1 aromatic carbocycles. The van der Waals surface area contributed by atoms with Crippen molar-refractivity contribution in [3.05, 3.63) is 57.7 Å². The molecule has 5 heteroatoms. The van der Waals surface area contributed by atoms with Gasteiger partial charge in [0.25, 0.3) is 0 Å². The second-order valence-electron chi connectivity index (χ2n) is 4.09. The molecule has 98 valence electrons. The first-order valence-corrected chi connectivity index (χ1v) is 6.48. The van der Waals surface area contributed by atoms with Crippen molar-refractivity contribution < 1.29 is 4.79 Å². The van der Waals surface area contributed by atoms with E-state index in [-0.39, 0.29) is 12.3 Å². The van der Waals surface area contributed by atoms with E-state index in [0.717, 1.165) is 5.56 Å². The molecule has 1 aromatic heterocycles. The van der Waals surface area contributed by atoms with Crippen LogP contribution in [0.4, 0.5) is 5.82 Å². The predicted octanol–water partition coefficient (Wildman–Crippen LogP) is 3.88. The molecule has 0 saturated heterocycles. The van der Waals surface area contributed by atoms with Crippen LogP contribution in [-0.2, 0) is 11.2 Å². The van der Waals surface area contributed by atoms with Gasteiger partial charge in [-0.1, -0.05) is 35.3 Å². The Morgan fingerprint density at radius 2 is 1.89 bits per heavy atom. The highest BCUT2D eigenvalue weighted by molar-refractivity contribution is 6.36. The van der Waals surface area contributed by atoms with E-state index in [0.29, 0.717) is 21.4 Å². The fraction of sp³-hybridized carbons (Fsp3) is 0.143. The number of rotatable bonds is 3. The van der Waals surface area contributed by atoms with E-state index in [9.17, 15) is 4.79 Å². The fourth-order valence-corrected chi connectivity index (χ4v) is 2.19. The number of benzene rings is 1. The number of aromatic nitrogens is 1. The summed E-state index contributed by atoms with van der Waals surface area (Å²) in [5, 5.41) is 3.72. The van der Waals surface area contributed by atoms with Crippen LogP contribution in [0.3, 0.4) is 0 Å². The van der Waals surface area contributed by atoms with Crippen molar-refractivity contribution in [3.8, 4) is 0 Å². The number of halogens is 2. The van der Waals surface area contributed by atoms with Crippen molar-refractivity contribution in [2.75, 3.05) is 5.32 Å². The van der Waals surface area contributed by atoms with Crippen LogP contribution in [0.2, 0.25) is 10.0 Å². The van der Waals surface area contributed by atoms with Crippen LogP contribution in [0.5, 0.6) is 0 Å². The fourth-order valence-electron chi connectivity index (χ4n) is 1.65. The summed E-state index contributed by atoms with van der Waals surface area (Å²) in [7, 11) is 0. The highest BCUT2D eigenvalue weighted by Gasteiger charge is 2.12. The van der Waals surface area contributed by atoms with Crippen LogP contribution < -0.4 is 5.32 Å². The normalized spacial score (nSPS) is 10.3. The van der Waals surface area contributed by atoms with Gasteiger partial charge in [0.05, 0.1) is 6.42 Å². The number of amides is 1. The van der Waals surface area contributed by atoms with Gasteiger partial charge in [-0.2, -0.15) is 0 Å². The highest BCUT2D eigenvalue weighted by atomic mass is 35.5. The molecule has 0 bridgehead atoms. The first-order valence-electron chi connectivity index (χ1n) is 5.72. The van der Waals surface area contributed by atoms with Crippen molar-refractivity contribution >= 4 is 34.9 Å². The lowest BCUT2D eigenvalue weighted by atomic mass is 10.1. The van der Waals surface area contributed by atoms with E-state index in [2.05, 4.69) is 10.3 Å². The third-order valence-corrected chi connectivity index (χ3v) is 3.37. The van der Waals surface area contributed by atoms with E-state index in [1.807, 2.05) is 19.1 Å². The van der Waals surface area contributed by atoms with Crippen molar-refractivity contribution in [3.63, 3.8) is 0 Å². The number of carbonyl (C=O) groups is 1. The molecule has 19 heavy (non-hydrogen) atoms. The van der Waals surface area contributed by atoms with Gasteiger partial charge in [0.15, 0.2) is 0 Å². The molecular formula is C14H12Cl2N2O. The standard InChI is InChI=1S/C14H12Cl2N2O/c1-9-4-3-7-17-14(9)18-13(19)8-10-11(15)5-2-6-12(10)16/h2-7H,8H2,1H3,(H,17,18,19). The Morgan fingerprint density at radius 3 is 2.53 bits per heavy atom. The van der Waals surface area contributed by atoms with Gasteiger partial charge in [0.2, 0.25) is 5.91 Å². The third-order valence-electron chi connectivity index (χ3n) is 2.67. The molecule has 0 fully saturated rings. The Bertz CT molecular complexity index is 594. The summed E-state index contributed by atoms with van der Waals surface area (Å²) < 4.78 is 0. The molecule has 2 aromatic rings. The van der Waals surface area contributed by atoms with Crippen molar-refractivity contribution in [1.82, 2.24) is 4.98 Å². The molecule has 0 saturated carbocycles. The van der Waals surface area contributed by atoms with E-state index < -0.39 is 0 Å². The number of anilines is 1. The quantitative estimate of drug-likeness (QED) is 0.933. The number of nitrogens with zero attached hydrogens (tertiary/aromatic N) is 1. The van der Waals surface area contributed by atoms with Gasteiger partial charge in [-0.3, -0.25) is 4.79 Å². The van der Waals surface area contributed by atoms with Crippen molar-refractivity contribution in [1.29, 1.82) is 0 Å². The second kappa shape index (κ2) is 6.04. The Morgan fingerprint density at radius 1 is 1.21 bits per heavy atom. The molecule has 0 atom stereocenters. The van der Waals surface area contributed by atoms with Gasteiger partial charge in [-0.15, -0.1) is 0 Å². The maximum absolute atomic E-state index is 12.0. The van der Waals surface area contributed by atoms with Crippen molar-refractivity contribution in [2.24, 2.45) is 0 Å². The molecule has 2 rings (SSSR count). The summed E-state index contributed by atoms with van der Waals surface area (Å²) in [5.41, 5.74) is 1.53. The Balaban J connectivity index is 2.12. The van der Waals surface area contributed by atoms with Crippen molar-refractivity contribution in [2.45, 2.75) is 13.3 Å². The lowest BCUT2D eigenvalue weighted by Crippen LogP contribution is -2.16. The van der Waals surface area contributed by atoms with Crippen LogP contribution >= 0.6 is 23.2 Å². The van der Waals surface area contributed by atoms with Gasteiger partial charge in [0, 0.05) is 16.2 Å². The summed E-state index contributed by atoms with van der Waals surface area (Å²) in [6.07, 6.45) is 1.75. The van der Waals surface area contributed by atoms with Crippen LogP contribution in [0, 0.1) is 6.92 Å². The molecule has 0 unspecified atom stereocenters. The summed E-state index contributed by atoms with van der Waals surface area (Å²) in [6, 6.07) is 8.86. The van der Waals surface area contributed by atoms with Crippen LogP contribution in [0.25, 0.3) is 0 Å². The largest absolute Gasteiger partial charge is 0.310 e. The SMILES string of the molecule is Cc1cccnc1NC(=O)Cc1c(Cl)cccc1Cl.